The molecule has 0 spiro atoms. The average molecular weight is 402 g/mol. The minimum Gasteiger partial charge on any atom is -0.371 e. The minimum absolute atomic E-state index is 0.119. The molecule has 1 aliphatic carbocycles. The van der Waals surface area contributed by atoms with Crippen LogP contribution in [0.1, 0.15) is 54.9 Å². The van der Waals surface area contributed by atoms with E-state index in [1.807, 2.05) is 38.1 Å². The molecular weight excluding hydrogens is 376 g/mol. The second-order valence-electron chi connectivity index (χ2n) is 8.19. The van der Waals surface area contributed by atoms with Crippen molar-refractivity contribution >= 4 is 11.9 Å². The fourth-order valence-electron chi connectivity index (χ4n) is 4.41. The van der Waals surface area contributed by atoms with Gasteiger partial charge in [0.1, 0.15) is 5.54 Å². The van der Waals surface area contributed by atoms with Gasteiger partial charge in [0.25, 0.3) is 0 Å². The van der Waals surface area contributed by atoms with Gasteiger partial charge in [-0.3, -0.25) is 9.69 Å². The zero-order valence-electron chi connectivity index (χ0n) is 17.6. The number of likely N-dealkylation sites (N-methyl/N-ethyl adjacent to an activating group) is 1. The first kappa shape index (κ1) is 20.1. The van der Waals surface area contributed by atoms with E-state index in [4.69, 9.17) is 15.5 Å². The number of aliphatic imine (C=N–C) groups is 1. The molecule has 2 aromatic rings. The summed E-state index contributed by atoms with van der Waals surface area (Å²) in [5.74, 6) is -0.503. The zero-order valence-corrected chi connectivity index (χ0v) is 17.6. The number of carbonyl (C=O) groups excluding carboxylic acids is 1. The van der Waals surface area contributed by atoms with Crippen LogP contribution in [-0.4, -0.2) is 30.4 Å². The standard InChI is InChI=1S/C24H26N4O2/c1-4-30-24(12-13-24)18-10-8-17(9-11-18)20-21(29)28(3)22(26)27-23(20,2)19-7-5-6-16(14-19)15-25/h5-11,14,20H,4,12-13H2,1-3H3,(H2,26,27)/t20-,23-/m1/s1. The van der Waals surface area contributed by atoms with Crippen molar-refractivity contribution in [2.75, 3.05) is 13.7 Å². The molecular formula is C24H26N4O2. The van der Waals surface area contributed by atoms with Gasteiger partial charge in [-0.05, 0) is 55.5 Å². The summed E-state index contributed by atoms with van der Waals surface area (Å²) in [6.07, 6.45) is 2.04. The molecule has 154 valence electrons. The molecule has 2 aromatic carbocycles. The molecule has 6 heteroatoms. The molecule has 30 heavy (non-hydrogen) atoms. The third-order valence-corrected chi connectivity index (χ3v) is 6.30. The molecule has 2 N–H and O–H groups in total. The molecule has 2 aliphatic rings. The van der Waals surface area contributed by atoms with Crippen LogP contribution in [0.2, 0.25) is 0 Å². The maximum absolute atomic E-state index is 13.4. The van der Waals surface area contributed by atoms with E-state index in [1.54, 1.807) is 19.2 Å². The number of carbonyl (C=O) groups is 1. The van der Waals surface area contributed by atoms with E-state index in [0.29, 0.717) is 12.2 Å². The maximum atomic E-state index is 13.4. The fourth-order valence-corrected chi connectivity index (χ4v) is 4.41. The lowest BCUT2D eigenvalue weighted by Gasteiger charge is -2.41. The Balaban J connectivity index is 1.79. The van der Waals surface area contributed by atoms with Crippen LogP contribution in [0.5, 0.6) is 0 Å². The molecule has 0 radical (unpaired) electrons. The van der Waals surface area contributed by atoms with Gasteiger partial charge in [-0.2, -0.15) is 5.26 Å². The van der Waals surface area contributed by atoms with Gasteiger partial charge in [-0.1, -0.05) is 36.4 Å². The number of ether oxygens (including phenoxy) is 1. The van der Waals surface area contributed by atoms with Gasteiger partial charge in [0.2, 0.25) is 5.91 Å². The summed E-state index contributed by atoms with van der Waals surface area (Å²) < 4.78 is 5.96. The third-order valence-electron chi connectivity index (χ3n) is 6.30. The number of hydrogen-bond donors (Lipinski definition) is 1. The van der Waals surface area contributed by atoms with E-state index in [1.165, 1.54) is 4.90 Å². The molecule has 4 rings (SSSR count). The summed E-state index contributed by atoms with van der Waals surface area (Å²) in [4.78, 5) is 19.5. The van der Waals surface area contributed by atoms with Crippen LogP contribution in [0, 0.1) is 11.3 Å². The van der Waals surface area contributed by atoms with E-state index in [9.17, 15) is 10.1 Å². The Labute approximate surface area is 177 Å². The molecule has 0 unspecified atom stereocenters. The maximum Gasteiger partial charge on any atom is 0.239 e. The van der Waals surface area contributed by atoms with Crippen LogP contribution in [0.3, 0.4) is 0 Å². The lowest BCUT2D eigenvalue weighted by molar-refractivity contribution is -0.130. The summed E-state index contributed by atoms with van der Waals surface area (Å²) in [5.41, 5.74) is 8.31. The van der Waals surface area contributed by atoms with Crippen molar-refractivity contribution in [3.8, 4) is 6.07 Å². The van der Waals surface area contributed by atoms with E-state index in [0.717, 1.165) is 29.5 Å². The van der Waals surface area contributed by atoms with E-state index in [2.05, 4.69) is 18.2 Å². The monoisotopic (exact) mass is 402 g/mol. The van der Waals surface area contributed by atoms with Gasteiger partial charge in [-0.15, -0.1) is 0 Å². The van der Waals surface area contributed by atoms with Crippen LogP contribution in [-0.2, 0) is 20.7 Å². The van der Waals surface area contributed by atoms with Crippen LogP contribution in [0.25, 0.3) is 0 Å². The Hall–Kier alpha value is -3.17. The summed E-state index contributed by atoms with van der Waals surface area (Å²) in [6, 6.07) is 17.5. The lowest BCUT2D eigenvalue weighted by Crippen LogP contribution is -2.52. The Kier molecular flexibility index (Phi) is 4.87. The molecule has 0 saturated heterocycles. The highest BCUT2D eigenvalue weighted by molar-refractivity contribution is 6.02. The van der Waals surface area contributed by atoms with Crippen LogP contribution in [0.15, 0.2) is 53.5 Å². The molecule has 1 heterocycles. The Morgan fingerprint density at radius 3 is 2.53 bits per heavy atom. The number of guanidine groups is 1. The number of amides is 1. The smallest absolute Gasteiger partial charge is 0.239 e. The number of nitrogens with two attached hydrogens (primary N) is 1. The fraction of sp³-hybridized carbons (Fsp3) is 0.375. The quantitative estimate of drug-likeness (QED) is 0.830. The summed E-state index contributed by atoms with van der Waals surface area (Å²) >= 11 is 0. The van der Waals surface area contributed by atoms with Crippen molar-refractivity contribution in [3.05, 3.63) is 70.8 Å². The largest absolute Gasteiger partial charge is 0.371 e. The van der Waals surface area contributed by atoms with E-state index >= 15 is 0 Å². The lowest BCUT2D eigenvalue weighted by atomic mass is 9.74. The summed E-state index contributed by atoms with van der Waals surface area (Å²) in [5, 5.41) is 9.33. The molecule has 1 aliphatic heterocycles. The number of nitrogens with zero attached hydrogens (tertiary/aromatic N) is 3. The van der Waals surface area contributed by atoms with Crippen molar-refractivity contribution in [2.45, 2.75) is 43.7 Å². The molecule has 0 aromatic heterocycles. The molecule has 6 nitrogen and oxygen atoms in total. The van der Waals surface area contributed by atoms with E-state index in [-0.39, 0.29) is 17.5 Å². The van der Waals surface area contributed by atoms with Crippen molar-refractivity contribution < 1.29 is 9.53 Å². The molecule has 1 saturated carbocycles. The first-order valence-corrected chi connectivity index (χ1v) is 10.2. The molecule has 1 amide bonds. The molecule has 0 bridgehead atoms. The summed E-state index contributed by atoms with van der Waals surface area (Å²) in [6.45, 7) is 4.59. The molecule has 1 fully saturated rings. The predicted octanol–water partition coefficient (Wildman–Crippen LogP) is 3.37. The highest BCUT2D eigenvalue weighted by Gasteiger charge is 2.48. The van der Waals surface area contributed by atoms with Crippen LogP contribution < -0.4 is 5.73 Å². The van der Waals surface area contributed by atoms with Gasteiger partial charge >= 0.3 is 0 Å². The minimum atomic E-state index is -0.917. The first-order chi connectivity index (χ1) is 14.3. The van der Waals surface area contributed by atoms with Crippen molar-refractivity contribution in [2.24, 2.45) is 10.7 Å². The van der Waals surface area contributed by atoms with E-state index < -0.39 is 11.5 Å². The second kappa shape index (κ2) is 7.26. The Bertz CT molecular complexity index is 1050. The Morgan fingerprint density at radius 1 is 1.23 bits per heavy atom. The highest BCUT2D eigenvalue weighted by Crippen LogP contribution is 2.50. The van der Waals surface area contributed by atoms with Gasteiger partial charge < -0.3 is 10.5 Å². The van der Waals surface area contributed by atoms with Crippen molar-refractivity contribution in [1.82, 2.24) is 4.90 Å². The first-order valence-electron chi connectivity index (χ1n) is 10.2. The van der Waals surface area contributed by atoms with Gasteiger partial charge in [0.15, 0.2) is 5.96 Å². The van der Waals surface area contributed by atoms with Gasteiger partial charge in [-0.25, -0.2) is 4.99 Å². The zero-order chi connectivity index (χ0) is 21.5. The normalized spacial score (nSPS) is 24.9. The highest BCUT2D eigenvalue weighted by atomic mass is 16.5. The number of rotatable bonds is 5. The number of benzene rings is 2. The predicted molar refractivity (Wildman–Crippen MR) is 115 cm³/mol. The third kappa shape index (κ3) is 3.16. The second-order valence-corrected chi connectivity index (χ2v) is 8.19. The number of nitriles is 1. The SMILES string of the molecule is CCOC1(c2ccc([C@@H]3C(=O)N(C)C(N)=N[C@]3(C)c3cccc(C#N)c3)cc2)CC1. The van der Waals surface area contributed by atoms with Crippen LogP contribution >= 0.6 is 0 Å². The Morgan fingerprint density at radius 2 is 1.93 bits per heavy atom. The van der Waals surface area contributed by atoms with Crippen molar-refractivity contribution in [1.29, 1.82) is 5.26 Å². The van der Waals surface area contributed by atoms with Gasteiger partial charge in [0.05, 0.1) is 23.2 Å². The average Bonchev–Trinajstić information content (AvgIpc) is 3.53. The summed E-state index contributed by atoms with van der Waals surface area (Å²) in [7, 11) is 1.64. The number of hydrogen-bond acceptors (Lipinski definition) is 5. The van der Waals surface area contributed by atoms with Crippen LogP contribution in [0.4, 0.5) is 0 Å². The topological polar surface area (TPSA) is 91.7 Å². The van der Waals surface area contributed by atoms with Crippen molar-refractivity contribution in [3.63, 3.8) is 0 Å². The molecule has 2 atom stereocenters. The van der Waals surface area contributed by atoms with Gasteiger partial charge in [0, 0.05) is 13.7 Å².